The van der Waals surface area contributed by atoms with E-state index in [9.17, 15) is 19.2 Å². The predicted molar refractivity (Wildman–Crippen MR) is 162 cm³/mol. The van der Waals surface area contributed by atoms with Gasteiger partial charge in [0.2, 0.25) is 5.91 Å². The smallest absolute Gasteiger partial charge is 0.341 e. The molecule has 1 aliphatic carbocycles. The van der Waals surface area contributed by atoms with Crippen LogP contribution in [-0.4, -0.2) is 48.2 Å². The minimum absolute atomic E-state index is 0.187. The number of nitrogens with one attached hydrogen (secondary N) is 1. The second-order valence-corrected chi connectivity index (χ2v) is 11.7. The molecular weight excluding hydrogens is 576 g/mol. The fourth-order valence-corrected chi connectivity index (χ4v) is 6.93. The standard InChI is InChI=1S/C31H30N2O7S2/c1-3-39-30(36)27-21-11-7-8-12-24(21)41-28(27)32-26(34)17-33-29(35)25(42-31(33)37)16-20-13-14-22(23(15-20)38-2)40-18-19-9-5-4-6-10-19/h4-6,9-10,13-16H,3,7-8,11-12,17-18H2,1-2H3,(H,32,34)/b25-16+. The molecule has 1 saturated heterocycles. The number of carbonyl (C=O) groups is 4. The quantitative estimate of drug-likeness (QED) is 0.219. The lowest BCUT2D eigenvalue weighted by Gasteiger charge is -2.13. The Bertz CT molecular complexity index is 1550. The van der Waals surface area contributed by atoms with E-state index in [0.717, 1.165) is 58.3 Å². The highest BCUT2D eigenvalue weighted by Crippen LogP contribution is 2.39. The number of aryl methyl sites for hydroxylation is 1. The van der Waals surface area contributed by atoms with Crippen molar-refractivity contribution in [1.29, 1.82) is 0 Å². The van der Waals surface area contributed by atoms with E-state index < -0.39 is 29.6 Å². The van der Waals surface area contributed by atoms with Gasteiger partial charge in [0.25, 0.3) is 11.1 Å². The molecule has 1 aliphatic heterocycles. The first kappa shape index (κ1) is 29.4. The van der Waals surface area contributed by atoms with E-state index in [-0.39, 0.29) is 11.5 Å². The maximum Gasteiger partial charge on any atom is 0.341 e. The Hall–Kier alpha value is -4.09. The predicted octanol–water partition coefficient (Wildman–Crippen LogP) is 6.07. The average molecular weight is 607 g/mol. The lowest BCUT2D eigenvalue weighted by Crippen LogP contribution is -2.36. The Morgan fingerprint density at radius 3 is 2.60 bits per heavy atom. The van der Waals surface area contributed by atoms with Gasteiger partial charge in [-0.05, 0) is 79.3 Å². The molecule has 0 radical (unpaired) electrons. The zero-order chi connectivity index (χ0) is 29.6. The van der Waals surface area contributed by atoms with E-state index in [1.54, 1.807) is 31.2 Å². The number of rotatable bonds is 10. The summed E-state index contributed by atoms with van der Waals surface area (Å²) in [6.45, 7) is 1.84. The Morgan fingerprint density at radius 2 is 1.83 bits per heavy atom. The van der Waals surface area contributed by atoms with E-state index in [2.05, 4.69) is 5.32 Å². The summed E-state index contributed by atoms with van der Waals surface area (Å²) in [5, 5.41) is 2.61. The third kappa shape index (κ3) is 6.52. The SMILES string of the molecule is CCOC(=O)c1c(NC(=O)CN2C(=O)S/C(=C/c3ccc(OCc4ccccc4)c(OC)c3)C2=O)sc2c1CCCC2. The molecule has 218 valence electrons. The molecule has 11 heteroatoms. The lowest BCUT2D eigenvalue weighted by molar-refractivity contribution is -0.127. The number of methoxy groups -OCH3 is 1. The van der Waals surface area contributed by atoms with Crippen LogP contribution in [0, 0.1) is 0 Å². The second kappa shape index (κ2) is 13.3. The van der Waals surface area contributed by atoms with Crippen molar-refractivity contribution in [2.24, 2.45) is 0 Å². The highest BCUT2D eigenvalue weighted by molar-refractivity contribution is 8.18. The van der Waals surface area contributed by atoms with Crippen LogP contribution in [0.25, 0.3) is 6.08 Å². The van der Waals surface area contributed by atoms with Gasteiger partial charge in [0, 0.05) is 4.88 Å². The molecule has 0 atom stereocenters. The van der Waals surface area contributed by atoms with Gasteiger partial charge in [0.15, 0.2) is 11.5 Å². The van der Waals surface area contributed by atoms with Crippen LogP contribution in [0.2, 0.25) is 0 Å². The number of anilines is 1. The Morgan fingerprint density at radius 1 is 1.05 bits per heavy atom. The summed E-state index contributed by atoms with van der Waals surface area (Å²) in [7, 11) is 1.53. The maximum atomic E-state index is 13.1. The van der Waals surface area contributed by atoms with Crippen LogP contribution in [0.5, 0.6) is 11.5 Å². The number of thioether (sulfide) groups is 1. The van der Waals surface area contributed by atoms with Crippen molar-refractivity contribution >= 4 is 57.2 Å². The number of carbonyl (C=O) groups excluding carboxylic acids is 4. The molecule has 1 N–H and O–H groups in total. The topological polar surface area (TPSA) is 111 Å². The van der Waals surface area contributed by atoms with E-state index in [4.69, 9.17) is 14.2 Å². The van der Waals surface area contributed by atoms with Crippen molar-refractivity contribution in [3.8, 4) is 11.5 Å². The van der Waals surface area contributed by atoms with Gasteiger partial charge in [-0.25, -0.2) is 4.79 Å². The number of esters is 1. The van der Waals surface area contributed by atoms with Crippen molar-refractivity contribution in [3.05, 3.63) is 80.6 Å². The molecule has 2 heterocycles. The fourth-order valence-electron chi connectivity index (χ4n) is 4.80. The number of imide groups is 1. The third-order valence-corrected chi connectivity index (χ3v) is 8.92. The number of ether oxygens (including phenoxy) is 3. The summed E-state index contributed by atoms with van der Waals surface area (Å²) in [5.41, 5.74) is 2.94. The summed E-state index contributed by atoms with van der Waals surface area (Å²) in [4.78, 5) is 53.7. The Balaban J connectivity index is 1.27. The molecule has 42 heavy (non-hydrogen) atoms. The largest absolute Gasteiger partial charge is 0.493 e. The zero-order valence-corrected chi connectivity index (χ0v) is 24.9. The van der Waals surface area contributed by atoms with E-state index in [1.165, 1.54) is 18.4 Å². The van der Waals surface area contributed by atoms with Crippen LogP contribution in [0.1, 0.15) is 51.7 Å². The molecule has 9 nitrogen and oxygen atoms in total. The molecular formula is C31H30N2O7S2. The summed E-state index contributed by atoms with van der Waals surface area (Å²) < 4.78 is 16.6. The summed E-state index contributed by atoms with van der Waals surface area (Å²) in [6, 6.07) is 15.0. The number of thiophene rings is 1. The van der Waals surface area contributed by atoms with Gasteiger partial charge in [0.1, 0.15) is 18.2 Å². The first-order chi connectivity index (χ1) is 20.4. The van der Waals surface area contributed by atoms with Crippen LogP contribution in [0.3, 0.4) is 0 Å². The molecule has 2 aromatic carbocycles. The van der Waals surface area contributed by atoms with Gasteiger partial charge in [-0.15, -0.1) is 11.3 Å². The average Bonchev–Trinajstić information content (AvgIpc) is 3.48. The second-order valence-electron chi connectivity index (χ2n) is 9.64. The van der Waals surface area contributed by atoms with Crippen LogP contribution in [-0.2, 0) is 33.8 Å². The van der Waals surface area contributed by atoms with Gasteiger partial charge in [-0.1, -0.05) is 36.4 Å². The lowest BCUT2D eigenvalue weighted by atomic mass is 9.95. The molecule has 0 unspecified atom stereocenters. The molecule has 0 saturated carbocycles. The molecule has 1 fully saturated rings. The Kier molecular flexibility index (Phi) is 9.28. The van der Waals surface area contributed by atoms with E-state index >= 15 is 0 Å². The van der Waals surface area contributed by atoms with Crippen LogP contribution >= 0.6 is 23.1 Å². The van der Waals surface area contributed by atoms with Crippen LogP contribution < -0.4 is 14.8 Å². The van der Waals surface area contributed by atoms with Crippen molar-refractivity contribution in [2.75, 3.05) is 25.6 Å². The number of hydrogen-bond acceptors (Lipinski definition) is 9. The van der Waals surface area contributed by atoms with Gasteiger partial charge in [0.05, 0.1) is 24.2 Å². The van der Waals surface area contributed by atoms with Crippen molar-refractivity contribution in [1.82, 2.24) is 4.90 Å². The fraction of sp³-hybridized carbons (Fsp3) is 0.290. The van der Waals surface area contributed by atoms with E-state index in [1.807, 2.05) is 30.3 Å². The number of nitrogens with zero attached hydrogens (tertiary/aromatic N) is 1. The monoisotopic (exact) mass is 606 g/mol. The van der Waals surface area contributed by atoms with Gasteiger partial charge >= 0.3 is 5.97 Å². The first-order valence-corrected chi connectivity index (χ1v) is 15.2. The van der Waals surface area contributed by atoms with Gasteiger partial charge in [-0.2, -0.15) is 0 Å². The zero-order valence-electron chi connectivity index (χ0n) is 23.3. The molecule has 3 aromatic rings. The minimum atomic E-state index is -0.570. The van der Waals surface area contributed by atoms with Crippen LogP contribution in [0.15, 0.2) is 53.4 Å². The number of benzene rings is 2. The number of amides is 3. The number of hydrogen-bond donors (Lipinski definition) is 1. The molecule has 3 amide bonds. The van der Waals surface area contributed by atoms with Crippen molar-refractivity contribution in [3.63, 3.8) is 0 Å². The van der Waals surface area contributed by atoms with Gasteiger partial charge < -0.3 is 19.5 Å². The third-order valence-electron chi connectivity index (χ3n) is 6.80. The van der Waals surface area contributed by atoms with Crippen molar-refractivity contribution in [2.45, 2.75) is 39.2 Å². The highest BCUT2D eigenvalue weighted by Gasteiger charge is 2.37. The van der Waals surface area contributed by atoms with Gasteiger partial charge in [-0.3, -0.25) is 19.3 Å². The van der Waals surface area contributed by atoms with Crippen molar-refractivity contribution < 1.29 is 33.4 Å². The molecule has 0 bridgehead atoms. The number of fused-ring (bicyclic) bond motifs is 1. The molecule has 1 aromatic heterocycles. The normalized spacial score (nSPS) is 15.5. The minimum Gasteiger partial charge on any atom is -0.493 e. The maximum absolute atomic E-state index is 13.1. The summed E-state index contributed by atoms with van der Waals surface area (Å²) in [6.07, 6.45) is 5.14. The molecule has 2 aliphatic rings. The Labute approximate surface area is 251 Å². The summed E-state index contributed by atoms with van der Waals surface area (Å²) in [5.74, 6) is -0.591. The highest BCUT2D eigenvalue weighted by atomic mass is 32.2. The molecule has 0 spiro atoms. The van der Waals surface area contributed by atoms with E-state index in [0.29, 0.717) is 34.2 Å². The van der Waals surface area contributed by atoms with Crippen LogP contribution in [0.4, 0.5) is 9.80 Å². The molecule has 5 rings (SSSR count). The first-order valence-electron chi connectivity index (χ1n) is 13.6. The summed E-state index contributed by atoms with van der Waals surface area (Å²) >= 11 is 2.11.